The molecule has 0 saturated carbocycles. The number of hydrogen-bond donors (Lipinski definition) is 1. The summed E-state index contributed by atoms with van der Waals surface area (Å²) >= 11 is 0. The molecule has 0 aromatic heterocycles. The maximum atomic E-state index is 12.6. The van der Waals surface area contributed by atoms with E-state index in [1.165, 1.54) is 6.07 Å². The van der Waals surface area contributed by atoms with Crippen LogP contribution in [0.2, 0.25) is 0 Å². The number of nitrogens with zero attached hydrogens (tertiary/aromatic N) is 1. The van der Waals surface area contributed by atoms with Crippen molar-refractivity contribution >= 4 is 5.97 Å². The van der Waals surface area contributed by atoms with Crippen molar-refractivity contribution in [2.45, 2.75) is 12.8 Å². The number of aliphatic hydroxyl groups is 1. The summed E-state index contributed by atoms with van der Waals surface area (Å²) in [5.41, 5.74) is -2.39. The van der Waals surface area contributed by atoms with E-state index < -0.39 is 35.4 Å². The van der Waals surface area contributed by atoms with Crippen molar-refractivity contribution in [3.8, 4) is 6.07 Å². The number of aliphatic hydroxyl groups excluding tert-OH is 1. The molecule has 0 aliphatic rings. The highest BCUT2D eigenvalue weighted by atomic mass is 19.4. The molecule has 0 spiro atoms. The van der Waals surface area contributed by atoms with E-state index in [-0.39, 0.29) is 5.56 Å². The first kappa shape index (κ1) is 14.0. The molecule has 1 aromatic rings. The van der Waals surface area contributed by atoms with E-state index in [4.69, 9.17) is 10.4 Å². The Hall–Kier alpha value is -2.07. The van der Waals surface area contributed by atoms with Crippen LogP contribution in [-0.4, -0.2) is 18.2 Å². The van der Waals surface area contributed by atoms with Crippen LogP contribution in [0.1, 0.15) is 27.0 Å². The summed E-state index contributed by atoms with van der Waals surface area (Å²) in [6, 6.07) is 2.83. The van der Waals surface area contributed by atoms with Gasteiger partial charge in [0.1, 0.15) is 6.07 Å². The Morgan fingerprint density at radius 3 is 2.50 bits per heavy atom. The highest BCUT2D eigenvalue weighted by molar-refractivity contribution is 5.92. The number of ether oxygens (including phenoxy) is 1. The van der Waals surface area contributed by atoms with Gasteiger partial charge in [-0.1, -0.05) is 0 Å². The molecule has 7 heteroatoms. The molecule has 0 aliphatic heterocycles. The van der Waals surface area contributed by atoms with Gasteiger partial charge in [0, 0.05) is 0 Å². The zero-order valence-electron chi connectivity index (χ0n) is 9.21. The summed E-state index contributed by atoms with van der Waals surface area (Å²) in [5.74, 6) is -0.935. The van der Waals surface area contributed by atoms with Gasteiger partial charge in [-0.2, -0.15) is 18.4 Å². The van der Waals surface area contributed by atoms with Gasteiger partial charge in [0.25, 0.3) is 0 Å². The summed E-state index contributed by atoms with van der Waals surface area (Å²) in [5, 5.41) is 17.6. The highest BCUT2D eigenvalue weighted by Crippen LogP contribution is 2.34. The average molecular weight is 259 g/mol. The Morgan fingerprint density at radius 2 is 2.11 bits per heavy atom. The van der Waals surface area contributed by atoms with Gasteiger partial charge < -0.3 is 9.84 Å². The third-order valence-electron chi connectivity index (χ3n) is 2.24. The predicted octanol–water partition coefficient (Wildman–Crippen LogP) is 1.86. The summed E-state index contributed by atoms with van der Waals surface area (Å²) < 4.78 is 42.2. The minimum Gasteiger partial charge on any atom is -0.465 e. The number of alkyl halides is 3. The molecule has 0 heterocycles. The third kappa shape index (κ3) is 2.60. The van der Waals surface area contributed by atoms with Crippen LogP contribution in [0.25, 0.3) is 0 Å². The first-order valence-corrected chi connectivity index (χ1v) is 4.68. The lowest BCUT2D eigenvalue weighted by Crippen LogP contribution is -2.13. The van der Waals surface area contributed by atoms with Crippen molar-refractivity contribution in [2.75, 3.05) is 7.11 Å². The van der Waals surface area contributed by atoms with Gasteiger partial charge in [0.05, 0.1) is 30.4 Å². The Bertz CT molecular complexity index is 517. The Labute approximate surface area is 100 Å². The van der Waals surface area contributed by atoms with Crippen molar-refractivity contribution in [2.24, 2.45) is 0 Å². The van der Waals surface area contributed by atoms with Crippen molar-refractivity contribution in [1.82, 2.24) is 0 Å². The molecular formula is C11H8F3NO3. The normalized spacial score (nSPS) is 10.9. The van der Waals surface area contributed by atoms with Gasteiger partial charge in [-0.3, -0.25) is 0 Å². The summed E-state index contributed by atoms with van der Waals surface area (Å²) in [7, 11) is 1.04. The zero-order valence-corrected chi connectivity index (χ0v) is 9.21. The Balaban J connectivity index is 3.53. The van der Waals surface area contributed by atoms with Crippen molar-refractivity contribution in [3.63, 3.8) is 0 Å². The molecule has 18 heavy (non-hydrogen) atoms. The van der Waals surface area contributed by atoms with Crippen LogP contribution in [-0.2, 0) is 17.5 Å². The van der Waals surface area contributed by atoms with Crippen molar-refractivity contribution in [1.29, 1.82) is 5.26 Å². The average Bonchev–Trinajstić information content (AvgIpc) is 2.34. The molecule has 4 nitrogen and oxygen atoms in total. The fraction of sp³-hybridized carbons (Fsp3) is 0.273. The molecule has 1 aromatic carbocycles. The van der Waals surface area contributed by atoms with Crippen LogP contribution in [0.5, 0.6) is 0 Å². The molecule has 0 saturated heterocycles. The van der Waals surface area contributed by atoms with Gasteiger partial charge in [-0.25, -0.2) is 4.79 Å². The molecule has 1 rings (SSSR count). The summed E-state index contributed by atoms with van der Waals surface area (Å²) in [6.07, 6.45) is -4.71. The first-order chi connectivity index (χ1) is 8.35. The minimum absolute atomic E-state index is 0.308. The molecular weight excluding hydrogens is 251 g/mol. The largest absolute Gasteiger partial charge is 0.465 e. The number of hydrogen-bond acceptors (Lipinski definition) is 4. The quantitative estimate of drug-likeness (QED) is 0.823. The van der Waals surface area contributed by atoms with E-state index in [1.807, 2.05) is 0 Å². The topological polar surface area (TPSA) is 70.3 Å². The monoisotopic (exact) mass is 259 g/mol. The van der Waals surface area contributed by atoms with E-state index in [0.29, 0.717) is 6.07 Å². The number of esters is 1. The van der Waals surface area contributed by atoms with Crippen molar-refractivity contribution in [3.05, 3.63) is 34.4 Å². The van der Waals surface area contributed by atoms with E-state index >= 15 is 0 Å². The molecule has 1 N–H and O–H groups in total. The van der Waals surface area contributed by atoms with Crippen LogP contribution in [0.3, 0.4) is 0 Å². The van der Waals surface area contributed by atoms with E-state index in [2.05, 4.69) is 4.74 Å². The fourth-order valence-corrected chi connectivity index (χ4v) is 1.41. The van der Waals surface area contributed by atoms with Gasteiger partial charge >= 0.3 is 12.1 Å². The fourth-order valence-electron chi connectivity index (χ4n) is 1.41. The standard InChI is InChI=1S/C11H8F3NO3/c1-18-10(17)8-2-7(5-16)9(11(12,13)14)3-6(8)4-15/h2-3,16H,5H2,1H3. The minimum atomic E-state index is -4.71. The summed E-state index contributed by atoms with van der Waals surface area (Å²) in [6.45, 7) is -0.898. The van der Waals surface area contributed by atoms with Gasteiger partial charge in [0.15, 0.2) is 0 Å². The second-order valence-electron chi connectivity index (χ2n) is 3.31. The van der Waals surface area contributed by atoms with Crippen molar-refractivity contribution < 1.29 is 27.8 Å². The predicted molar refractivity (Wildman–Crippen MR) is 53.4 cm³/mol. The second-order valence-corrected chi connectivity index (χ2v) is 3.31. The number of halogens is 3. The molecule has 0 atom stereocenters. The third-order valence-corrected chi connectivity index (χ3v) is 2.24. The van der Waals surface area contributed by atoms with Crippen LogP contribution in [0.15, 0.2) is 12.1 Å². The lowest BCUT2D eigenvalue weighted by Gasteiger charge is -2.13. The number of methoxy groups -OCH3 is 1. The summed E-state index contributed by atoms with van der Waals surface area (Å²) in [4.78, 5) is 11.3. The van der Waals surface area contributed by atoms with Gasteiger partial charge in [-0.15, -0.1) is 0 Å². The Morgan fingerprint density at radius 1 is 1.50 bits per heavy atom. The van der Waals surface area contributed by atoms with Gasteiger partial charge in [-0.05, 0) is 17.7 Å². The first-order valence-electron chi connectivity index (χ1n) is 4.68. The number of rotatable bonds is 2. The number of nitriles is 1. The van der Waals surface area contributed by atoms with E-state index in [9.17, 15) is 18.0 Å². The Kier molecular flexibility index (Phi) is 3.93. The lowest BCUT2D eigenvalue weighted by atomic mass is 9.99. The SMILES string of the molecule is COC(=O)c1cc(CO)c(C(F)(F)F)cc1C#N. The smallest absolute Gasteiger partial charge is 0.416 e. The van der Waals surface area contributed by atoms with E-state index in [1.54, 1.807) is 0 Å². The van der Waals surface area contributed by atoms with Crippen LogP contribution < -0.4 is 0 Å². The molecule has 0 unspecified atom stereocenters. The molecule has 0 aliphatic carbocycles. The van der Waals surface area contributed by atoms with Gasteiger partial charge in [0.2, 0.25) is 0 Å². The molecule has 0 fully saturated rings. The maximum absolute atomic E-state index is 12.6. The van der Waals surface area contributed by atoms with E-state index in [0.717, 1.165) is 13.2 Å². The molecule has 0 amide bonds. The van der Waals surface area contributed by atoms with Crippen LogP contribution in [0.4, 0.5) is 13.2 Å². The molecule has 0 bridgehead atoms. The molecule has 0 radical (unpaired) electrons. The lowest BCUT2D eigenvalue weighted by molar-refractivity contribution is -0.138. The van der Waals surface area contributed by atoms with Crippen LogP contribution in [0, 0.1) is 11.3 Å². The number of carbonyl (C=O) groups is 1. The maximum Gasteiger partial charge on any atom is 0.416 e. The highest BCUT2D eigenvalue weighted by Gasteiger charge is 2.34. The zero-order chi connectivity index (χ0) is 13.9. The molecule has 96 valence electrons. The number of carbonyl (C=O) groups excluding carboxylic acids is 1. The number of benzene rings is 1. The second kappa shape index (κ2) is 5.06. The van der Waals surface area contributed by atoms with Crippen LogP contribution >= 0.6 is 0 Å².